The summed E-state index contributed by atoms with van der Waals surface area (Å²) in [7, 11) is 0. The summed E-state index contributed by atoms with van der Waals surface area (Å²) in [5, 5.41) is 5.77. The molecule has 0 spiro atoms. The van der Waals surface area contributed by atoms with Crippen molar-refractivity contribution >= 4 is 34.7 Å². The standard InChI is InChI=1S/C14H10ClF4N3S/c15-8-2-1-4-20-13(8)22-14(23)21-5-3-7-11(18)9(16)6-10(17)12(7)19/h1-2,4,6H,3,5H2,(H2,20,21,22,23). The molecule has 0 fully saturated rings. The lowest BCUT2D eigenvalue weighted by Crippen LogP contribution is -2.31. The van der Waals surface area contributed by atoms with E-state index in [2.05, 4.69) is 15.6 Å². The number of anilines is 1. The van der Waals surface area contributed by atoms with Crippen molar-refractivity contribution in [2.45, 2.75) is 6.42 Å². The molecule has 1 heterocycles. The number of benzene rings is 1. The third kappa shape index (κ3) is 4.29. The van der Waals surface area contributed by atoms with Gasteiger partial charge in [-0.15, -0.1) is 0 Å². The fourth-order valence-corrected chi connectivity index (χ4v) is 2.14. The van der Waals surface area contributed by atoms with Gasteiger partial charge in [0.25, 0.3) is 0 Å². The van der Waals surface area contributed by atoms with Crippen LogP contribution < -0.4 is 10.6 Å². The highest BCUT2D eigenvalue weighted by Crippen LogP contribution is 2.20. The van der Waals surface area contributed by atoms with Gasteiger partial charge in [-0.1, -0.05) is 11.6 Å². The first-order valence-corrected chi connectivity index (χ1v) is 7.16. The van der Waals surface area contributed by atoms with Gasteiger partial charge >= 0.3 is 0 Å². The number of rotatable bonds is 4. The van der Waals surface area contributed by atoms with E-state index in [-0.39, 0.29) is 24.1 Å². The van der Waals surface area contributed by atoms with Gasteiger partial charge in [-0.2, -0.15) is 0 Å². The number of nitrogens with zero attached hydrogens (tertiary/aromatic N) is 1. The summed E-state index contributed by atoms with van der Waals surface area (Å²) in [5.41, 5.74) is -0.686. The zero-order valence-electron chi connectivity index (χ0n) is 11.5. The SMILES string of the molecule is Fc1cc(F)c(F)c(CCNC(=S)Nc2ncccc2Cl)c1F. The Bertz CT molecular complexity index is 716. The molecule has 1 aromatic carbocycles. The molecule has 0 bridgehead atoms. The molecule has 0 radical (unpaired) electrons. The van der Waals surface area contributed by atoms with Gasteiger partial charge in [0.15, 0.2) is 34.2 Å². The van der Waals surface area contributed by atoms with Crippen molar-refractivity contribution in [1.82, 2.24) is 10.3 Å². The first-order valence-electron chi connectivity index (χ1n) is 6.37. The number of hydrogen-bond acceptors (Lipinski definition) is 2. The zero-order chi connectivity index (χ0) is 17.0. The number of hydrogen-bond donors (Lipinski definition) is 2. The Morgan fingerprint density at radius 1 is 1.17 bits per heavy atom. The van der Waals surface area contributed by atoms with E-state index < -0.39 is 28.8 Å². The van der Waals surface area contributed by atoms with Crippen LogP contribution in [0, 0.1) is 23.3 Å². The van der Waals surface area contributed by atoms with Gasteiger partial charge < -0.3 is 10.6 Å². The van der Waals surface area contributed by atoms with Crippen LogP contribution in [0.15, 0.2) is 24.4 Å². The highest BCUT2D eigenvalue weighted by atomic mass is 35.5. The molecule has 23 heavy (non-hydrogen) atoms. The van der Waals surface area contributed by atoms with Gasteiger partial charge in [0.1, 0.15) is 0 Å². The Kier molecular flexibility index (Phi) is 5.73. The van der Waals surface area contributed by atoms with Crippen LogP contribution in [-0.2, 0) is 6.42 Å². The van der Waals surface area contributed by atoms with Crippen molar-refractivity contribution in [1.29, 1.82) is 0 Å². The van der Waals surface area contributed by atoms with Crippen LogP contribution in [0.25, 0.3) is 0 Å². The van der Waals surface area contributed by atoms with Gasteiger partial charge in [-0.05, 0) is 30.8 Å². The lowest BCUT2D eigenvalue weighted by Gasteiger charge is -2.11. The van der Waals surface area contributed by atoms with Gasteiger partial charge in [-0.3, -0.25) is 0 Å². The molecule has 122 valence electrons. The Hall–Kier alpha value is -1.93. The number of aromatic nitrogens is 1. The van der Waals surface area contributed by atoms with Crippen LogP contribution in [0.3, 0.4) is 0 Å². The highest BCUT2D eigenvalue weighted by molar-refractivity contribution is 7.80. The van der Waals surface area contributed by atoms with Gasteiger partial charge in [0.05, 0.1) is 5.02 Å². The Morgan fingerprint density at radius 3 is 2.43 bits per heavy atom. The number of pyridine rings is 1. The van der Waals surface area contributed by atoms with Gasteiger partial charge in [-0.25, -0.2) is 22.5 Å². The second kappa shape index (κ2) is 7.56. The summed E-state index contributed by atoms with van der Waals surface area (Å²) >= 11 is 10.9. The molecule has 2 rings (SSSR count). The lowest BCUT2D eigenvalue weighted by molar-refractivity contribution is 0.438. The van der Waals surface area contributed by atoms with Crippen molar-refractivity contribution in [3.63, 3.8) is 0 Å². The minimum Gasteiger partial charge on any atom is -0.362 e. The first kappa shape index (κ1) is 17.4. The monoisotopic (exact) mass is 363 g/mol. The lowest BCUT2D eigenvalue weighted by atomic mass is 10.1. The molecule has 0 atom stereocenters. The molecule has 0 saturated carbocycles. The quantitative estimate of drug-likeness (QED) is 0.492. The van der Waals surface area contributed by atoms with E-state index in [0.717, 1.165) is 0 Å². The summed E-state index contributed by atoms with van der Waals surface area (Å²) in [6, 6.07) is 3.39. The maximum atomic E-state index is 13.5. The second-order valence-corrected chi connectivity index (χ2v) is 5.23. The van der Waals surface area contributed by atoms with Crippen molar-refractivity contribution < 1.29 is 17.6 Å². The summed E-state index contributed by atoms with van der Waals surface area (Å²) in [5.74, 6) is -5.42. The van der Waals surface area contributed by atoms with Crippen LogP contribution in [0.2, 0.25) is 5.02 Å². The molecular formula is C14H10ClF4N3S. The van der Waals surface area contributed by atoms with Gasteiger partial charge in [0, 0.05) is 24.4 Å². The molecule has 9 heteroatoms. The van der Waals surface area contributed by atoms with E-state index in [1.165, 1.54) is 6.20 Å². The predicted octanol–water partition coefficient (Wildman–Crippen LogP) is 3.82. The fraction of sp³-hybridized carbons (Fsp3) is 0.143. The number of halogens is 5. The molecular weight excluding hydrogens is 354 g/mol. The zero-order valence-corrected chi connectivity index (χ0v) is 13.0. The van der Waals surface area contributed by atoms with E-state index >= 15 is 0 Å². The largest absolute Gasteiger partial charge is 0.362 e. The highest BCUT2D eigenvalue weighted by Gasteiger charge is 2.18. The van der Waals surface area contributed by atoms with Gasteiger partial charge in [0.2, 0.25) is 0 Å². The smallest absolute Gasteiger partial charge is 0.171 e. The molecule has 0 unspecified atom stereocenters. The average Bonchev–Trinajstić information content (AvgIpc) is 2.51. The van der Waals surface area contributed by atoms with Crippen molar-refractivity contribution in [2.24, 2.45) is 0 Å². The Labute approximate surface area is 139 Å². The summed E-state index contributed by atoms with van der Waals surface area (Å²) < 4.78 is 53.1. The third-order valence-electron chi connectivity index (χ3n) is 2.85. The molecule has 1 aromatic heterocycles. The summed E-state index contributed by atoms with van der Waals surface area (Å²) in [4.78, 5) is 3.95. The van der Waals surface area contributed by atoms with E-state index in [1.807, 2.05) is 0 Å². The predicted molar refractivity (Wildman–Crippen MR) is 83.4 cm³/mol. The molecule has 0 aliphatic heterocycles. The molecule has 0 saturated heterocycles. The van der Waals surface area contributed by atoms with E-state index in [9.17, 15) is 17.6 Å². The van der Waals surface area contributed by atoms with Crippen LogP contribution in [-0.4, -0.2) is 16.6 Å². The maximum Gasteiger partial charge on any atom is 0.171 e. The van der Waals surface area contributed by atoms with E-state index in [1.54, 1.807) is 12.1 Å². The maximum absolute atomic E-state index is 13.5. The topological polar surface area (TPSA) is 37.0 Å². The van der Waals surface area contributed by atoms with E-state index in [4.69, 9.17) is 23.8 Å². The summed E-state index contributed by atoms with van der Waals surface area (Å²) in [6.07, 6.45) is 1.20. The van der Waals surface area contributed by atoms with Crippen LogP contribution in [0.1, 0.15) is 5.56 Å². The first-order chi connectivity index (χ1) is 10.9. The fourth-order valence-electron chi connectivity index (χ4n) is 1.77. The van der Waals surface area contributed by atoms with Crippen LogP contribution >= 0.6 is 23.8 Å². The number of thiocarbonyl (C=S) groups is 1. The van der Waals surface area contributed by atoms with Crippen LogP contribution in [0.5, 0.6) is 0 Å². The summed E-state index contributed by atoms with van der Waals surface area (Å²) in [6.45, 7) is -0.0486. The average molecular weight is 364 g/mol. The van der Waals surface area contributed by atoms with Crippen molar-refractivity contribution in [2.75, 3.05) is 11.9 Å². The van der Waals surface area contributed by atoms with E-state index in [0.29, 0.717) is 10.8 Å². The minimum atomic E-state index is -1.44. The Balaban J connectivity index is 1.95. The Morgan fingerprint density at radius 2 is 1.83 bits per heavy atom. The van der Waals surface area contributed by atoms with Crippen molar-refractivity contribution in [3.05, 3.63) is 58.3 Å². The van der Waals surface area contributed by atoms with Crippen LogP contribution in [0.4, 0.5) is 23.4 Å². The molecule has 3 nitrogen and oxygen atoms in total. The van der Waals surface area contributed by atoms with Crippen molar-refractivity contribution in [3.8, 4) is 0 Å². The molecule has 0 aliphatic rings. The molecule has 2 N–H and O–H groups in total. The molecule has 0 aliphatic carbocycles. The number of nitrogens with one attached hydrogen (secondary N) is 2. The third-order valence-corrected chi connectivity index (χ3v) is 3.41. The molecule has 0 amide bonds. The normalized spacial score (nSPS) is 10.5. The minimum absolute atomic E-state index is 0.0486. The molecule has 2 aromatic rings. The second-order valence-electron chi connectivity index (χ2n) is 4.41.